The van der Waals surface area contributed by atoms with Crippen molar-refractivity contribution in [3.63, 3.8) is 0 Å². The molecule has 0 aromatic carbocycles. The number of Topliss-reactive ketones (excluding diaryl/α,β-unsaturated/α-hetero) is 2. The first-order valence-electron chi connectivity index (χ1n) is 28.5. The molecule has 12 rings (SSSR count). The maximum absolute atomic E-state index is 12.4. The summed E-state index contributed by atoms with van der Waals surface area (Å²) in [6.07, 6.45) is 26.1. The lowest BCUT2D eigenvalue weighted by molar-refractivity contribution is -0.171. The highest BCUT2D eigenvalue weighted by Gasteiger charge is 2.66. The van der Waals surface area contributed by atoms with Gasteiger partial charge in [0.15, 0.2) is 17.3 Å². The number of carbonyl (C=O) groups excluding carboxylic acids is 5. The molecule has 19 atom stereocenters. The van der Waals surface area contributed by atoms with Crippen molar-refractivity contribution in [2.75, 3.05) is 6.61 Å². The summed E-state index contributed by atoms with van der Waals surface area (Å²) in [5.41, 5.74) is 2.65. The summed E-state index contributed by atoms with van der Waals surface area (Å²) in [5, 5.41) is 42.9. The molecular formula is C62H92O9. The molecule has 0 radical (unpaired) electrons. The van der Waals surface area contributed by atoms with Gasteiger partial charge in [-0.3, -0.25) is 24.0 Å². The lowest BCUT2D eigenvalue weighted by Gasteiger charge is -2.59. The van der Waals surface area contributed by atoms with E-state index in [0.29, 0.717) is 84.0 Å². The Kier molecular flexibility index (Phi) is 14.0. The van der Waals surface area contributed by atoms with Crippen LogP contribution < -0.4 is 0 Å². The second kappa shape index (κ2) is 18.6. The first-order chi connectivity index (χ1) is 33.0. The number of ketones is 5. The van der Waals surface area contributed by atoms with E-state index >= 15 is 0 Å². The maximum Gasteiger partial charge on any atom is 0.155 e. The maximum atomic E-state index is 12.4. The van der Waals surface area contributed by atoms with Gasteiger partial charge in [-0.1, -0.05) is 58.8 Å². The first kappa shape index (κ1) is 53.2. The van der Waals surface area contributed by atoms with Gasteiger partial charge < -0.3 is 20.4 Å². The van der Waals surface area contributed by atoms with Crippen LogP contribution in [0.5, 0.6) is 0 Å². The fourth-order valence-electron chi connectivity index (χ4n) is 21.1. The smallest absolute Gasteiger partial charge is 0.155 e. The number of rotatable bonds is 3. The highest BCUT2D eigenvalue weighted by Crippen LogP contribution is 2.70. The van der Waals surface area contributed by atoms with Crippen LogP contribution in [0.25, 0.3) is 0 Å². The van der Waals surface area contributed by atoms with E-state index < -0.39 is 11.7 Å². The zero-order valence-corrected chi connectivity index (χ0v) is 44.0. The van der Waals surface area contributed by atoms with Crippen molar-refractivity contribution in [3.05, 3.63) is 34.9 Å². The van der Waals surface area contributed by atoms with Gasteiger partial charge in [-0.15, -0.1) is 0 Å². The van der Waals surface area contributed by atoms with Gasteiger partial charge in [-0.2, -0.15) is 0 Å². The van der Waals surface area contributed by atoms with Gasteiger partial charge in [-0.05, 0) is 224 Å². The average molecular weight is 981 g/mol. The molecule has 71 heavy (non-hydrogen) atoms. The Labute approximate surface area is 426 Å². The molecule has 0 aromatic rings. The second-order valence-electron chi connectivity index (χ2n) is 27.3. The molecular weight excluding hydrogens is 889 g/mol. The largest absolute Gasteiger partial charge is 0.395 e. The number of hydrogen-bond donors (Lipinski definition) is 4. The monoisotopic (exact) mass is 981 g/mol. The zero-order valence-electron chi connectivity index (χ0n) is 44.0. The summed E-state index contributed by atoms with van der Waals surface area (Å²) >= 11 is 0. The van der Waals surface area contributed by atoms with Crippen LogP contribution in [0.4, 0.5) is 0 Å². The Balaban J connectivity index is 0.000000131. The van der Waals surface area contributed by atoms with Crippen LogP contribution in [0.1, 0.15) is 204 Å². The normalized spacial score (nSPS) is 49.5. The van der Waals surface area contributed by atoms with Crippen LogP contribution in [0.3, 0.4) is 0 Å². The molecule has 0 heterocycles. The van der Waals surface area contributed by atoms with Gasteiger partial charge >= 0.3 is 0 Å². The van der Waals surface area contributed by atoms with Crippen molar-refractivity contribution in [3.8, 4) is 0 Å². The van der Waals surface area contributed by atoms with E-state index in [1.165, 1.54) is 16.7 Å². The molecule has 9 fully saturated rings. The standard InChI is InChI=1S/C21H32O3.C21H30O3.C19H26O3.CH4/c1-13(22)21(24)11-8-18-16-5-4-14-12-15(23)6-9-19(14,2)17(16)7-10-20(18,21)3;1-12(22)16-6-7-17-15-5-4-13-10-14(23)8-9-20(13,2)19(15)18(24)11-21(16,17)3;1-18-8-7-16-14(15(18)4-5-17(18)22)3-2-12-10-13(21)6-9-19(12,16)11-20;/h12-13,16-18,22,24H,4-11H2,1-3H3;10,15-19,24H,4-9,11H2,1-3H3;10,14-16,20H,2-9,11H2,1H3;1H4/t13-,16?,17?,18?,19?,20?,21+;15?,16?,17?,18-,19?,20?,21?;;/m11../s1. The highest BCUT2D eigenvalue weighted by atomic mass is 16.3. The Morgan fingerprint density at radius 3 is 1.76 bits per heavy atom. The lowest BCUT2D eigenvalue weighted by atomic mass is 9.46. The summed E-state index contributed by atoms with van der Waals surface area (Å²) in [4.78, 5) is 60.1. The molecule has 0 bridgehead atoms. The number of hydrogen-bond acceptors (Lipinski definition) is 9. The van der Waals surface area contributed by atoms with Crippen LogP contribution >= 0.6 is 0 Å². The topological polar surface area (TPSA) is 166 Å². The molecule has 16 unspecified atom stereocenters. The summed E-state index contributed by atoms with van der Waals surface area (Å²) < 4.78 is 0. The average Bonchev–Trinajstić information content (AvgIpc) is 3.93. The van der Waals surface area contributed by atoms with Gasteiger partial charge in [0.25, 0.3) is 0 Å². The van der Waals surface area contributed by atoms with E-state index in [2.05, 4.69) is 34.6 Å². The number of aliphatic hydroxyl groups is 4. The Hall–Kier alpha value is -2.59. The molecule has 12 aliphatic rings. The molecule has 9 nitrogen and oxygen atoms in total. The Bertz CT molecular complexity index is 2270. The van der Waals surface area contributed by atoms with Crippen molar-refractivity contribution >= 4 is 28.9 Å². The van der Waals surface area contributed by atoms with Gasteiger partial charge in [0, 0.05) is 47.8 Å². The zero-order chi connectivity index (χ0) is 50.1. The molecule has 12 aliphatic carbocycles. The minimum atomic E-state index is -0.928. The number of allylic oxidation sites excluding steroid dienone is 2. The van der Waals surface area contributed by atoms with Crippen molar-refractivity contribution < 1.29 is 44.4 Å². The van der Waals surface area contributed by atoms with Crippen LogP contribution in [-0.2, 0) is 24.0 Å². The van der Waals surface area contributed by atoms with Crippen LogP contribution in [0, 0.1) is 91.7 Å². The molecule has 9 heteroatoms. The van der Waals surface area contributed by atoms with Crippen molar-refractivity contribution in [1.82, 2.24) is 0 Å². The molecule has 0 amide bonds. The van der Waals surface area contributed by atoms with Gasteiger partial charge in [0.1, 0.15) is 11.6 Å². The van der Waals surface area contributed by atoms with E-state index in [4.69, 9.17) is 0 Å². The third-order valence-corrected chi connectivity index (χ3v) is 24.9. The Morgan fingerprint density at radius 1 is 0.592 bits per heavy atom. The third kappa shape index (κ3) is 7.87. The SMILES string of the molecule is C.CC(=O)C1CCC2C3CCC4=CC(=O)CCC4(C)C3[C@H](O)CC12C.CC12CCC3C(CCC4=CC(=O)CCC43CO)C1CCC2=O.C[C@@H](O)[C@@]1(O)CCC2C3CCC4=CC(=O)CCC4(C)C3CCC21C. The fourth-order valence-corrected chi connectivity index (χ4v) is 21.1. The van der Waals surface area contributed by atoms with Gasteiger partial charge in [0.05, 0.1) is 24.4 Å². The molecule has 0 aromatic heterocycles. The summed E-state index contributed by atoms with van der Waals surface area (Å²) in [6, 6.07) is 0. The van der Waals surface area contributed by atoms with Crippen LogP contribution in [0.2, 0.25) is 0 Å². The molecule has 0 aliphatic heterocycles. The molecule has 0 saturated heterocycles. The predicted octanol–water partition coefficient (Wildman–Crippen LogP) is 11.0. The molecule has 394 valence electrons. The van der Waals surface area contributed by atoms with Crippen molar-refractivity contribution in [1.29, 1.82) is 0 Å². The van der Waals surface area contributed by atoms with Gasteiger partial charge in [-0.25, -0.2) is 0 Å². The summed E-state index contributed by atoms with van der Waals surface area (Å²) in [5.74, 6) is 6.30. The minimum Gasteiger partial charge on any atom is -0.395 e. The van der Waals surface area contributed by atoms with E-state index in [1.54, 1.807) is 13.8 Å². The van der Waals surface area contributed by atoms with Crippen molar-refractivity contribution in [2.24, 2.45) is 91.7 Å². The van der Waals surface area contributed by atoms with Crippen LogP contribution in [0.15, 0.2) is 34.9 Å². The number of fused-ring (bicyclic) bond motifs is 15. The quantitative estimate of drug-likeness (QED) is 0.215. The van der Waals surface area contributed by atoms with Crippen molar-refractivity contribution in [2.45, 2.75) is 221 Å². The predicted molar refractivity (Wildman–Crippen MR) is 275 cm³/mol. The second-order valence-corrected chi connectivity index (χ2v) is 27.3. The summed E-state index contributed by atoms with van der Waals surface area (Å²) in [6.45, 7) is 15.0. The molecule has 4 N–H and O–H groups in total. The first-order valence-corrected chi connectivity index (χ1v) is 28.5. The van der Waals surface area contributed by atoms with Crippen LogP contribution in [-0.4, -0.2) is 73.8 Å². The lowest BCUT2D eigenvalue weighted by Crippen LogP contribution is -2.58. The fraction of sp³-hybridized carbons (Fsp3) is 0.823. The molecule has 0 spiro atoms. The highest BCUT2D eigenvalue weighted by molar-refractivity contribution is 5.93. The van der Waals surface area contributed by atoms with E-state index in [1.807, 2.05) is 18.2 Å². The van der Waals surface area contributed by atoms with E-state index in [0.717, 1.165) is 128 Å². The summed E-state index contributed by atoms with van der Waals surface area (Å²) in [7, 11) is 0. The number of aliphatic hydroxyl groups excluding tert-OH is 3. The third-order valence-electron chi connectivity index (χ3n) is 24.9. The van der Waals surface area contributed by atoms with E-state index in [9.17, 15) is 44.4 Å². The molecule has 9 saturated carbocycles. The minimum absolute atomic E-state index is 0. The Morgan fingerprint density at radius 2 is 1.13 bits per heavy atom. The number of carbonyl (C=O) groups is 5. The van der Waals surface area contributed by atoms with Gasteiger partial charge in [0.2, 0.25) is 0 Å². The van der Waals surface area contributed by atoms with E-state index in [-0.39, 0.29) is 76.0 Å².